The molecule has 106 valence electrons. The molecule has 0 N–H and O–H groups in total. The highest BCUT2D eigenvalue weighted by molar-refractivity contribution is 5.67. The first-order chi connectivity index (χ1) is 8.69. The molecule has 0 atom stereocenters. The Morgan fingerprint density at radius 2 is 1.79 bits per heavy atom. The van der Waals surface area contributed by atoms with E-state index in [1.807, 2.05) is 0 Å². The van der Waals surface area contributed by atoms with Crippen molar-refractivity contribution in [1.29, 1.82) is 0 Å². The largest absolute Gasteiger partial charge is 0.444 e. The van der Waals surface area contributed by atoms with Gasteiger partial charge in [-0.3, -0.25) is 0 Å². The van der Waals surface area contributed by atoms with Crippen LogP contribution in [0.1, 0.15) is 38.3 Å². The number of hydrogen-bond donors (Lipinski definition) is 0. The lowest BCUT2D eigenvalue weighted by Gasteiger charge is -2.24. The molecule has 1 aromatic carbocycles. The summed E-state index contributed by atoms with van der Waals surface area (Å²) in [4.78, 5) is 13.1. The predicted octanol–water partition coefficient (Wildman–Crippen LogP) is 3.99. The van der Waals surface area contributed by atoms with E-state index in [1.165, 1.54) is 17.0 Å². The third kappa shape index (κ3) is 5.24. The molecule has 0 aliphatic heterocycles. The number of carbonyl (C=O) groups is 1. The van der Waals surface area contributed by atoms with Crippen LogP contribution in [0.25, 0.3) is 0 Å². The molecule has 0 radical (unpaired) electrons. The number of alkyl halides is 2. The van der Waals surface area contributed by atoms with Gasteiger partial charge in [0.25, 0.3) is 6.43 Å². The molecule has 0 aliphatic carbocycles. The molecule has 0 spiro atoms. The minimum absolute atomic E-state index is 0.0244. The number of amides is 1. The summed E-state index contributed by atoms with van der Waals surface area (Å²) < 4.78 is 30.0. The minimum atomic E-state index is -2.47. The van der Waals surface area contributed by atoms with Gasteiger partial charge in [0.2, 0.25) is 0 Å². The van der Waals surface area contributed by atoms with Crippen molar-refractivity contribution < 1.29 is 18.3 Å². The Hall–Kier alpha value is -1.65. The topological polar surface area (TPSA) is 29.5 Å². The first-order valence-electron chi connectivity index (χ1n) is 6.00. The molecule has 0 unspecified atom stereocenters. The van der Waals surface area contributed by atoms with Crippen LogP contribution >= 0.6 is 0 Å². The van der Waals surface area contributed by atoms with Crippen LogP contribution in [0.5, 0.6) is 0 Å². The van der Waals surface area contributed by atoms with Gasteiger partial charge in [-0.1, -0.05) is 24.3 Å². The molecule has 0 saturated carbocycles. The second-order valence-electron chi connectivity index (χ2n) is 5.38. The number of rotatable bonds is 3. The lowest BCUT2D eigenvalue weighted by atomic mass is 10.1. The molecule has 1 rings (SSSR count). The fourth-order valence-electron chi connectivity index (χ4n) is 1.45. The Labute approximate surface area is 112 Å². The van der Waals surface area contributed by atoms with E-state index in [2.05, 4.69) is 0 Å². The van der Waals surface area contributed by atoms with E-state index in [1.54, 1.807) is 40.0 Å². The van der Waals surface area contributed by atoms with E-state index in [-0.39, 0.29) is 5.56 Å². The average Bonchev–Trinajstić information content (AvgIpc) is 2.27. The van der Waals surface area contributed by atoms with Gasteiger partial charge >= 0.3 is 6.09 Å². The van der Waals surface area contributed by atoms with Crippen molar-refractivity contribution >= 4 is 6.09 Å². The zero-order valence-corrected chi connectivity index (χ0v) is 11.6. The van der Waals surface area contributed by atoms with E-state index in [9.17, 15) is 13.6 Å². The summed E-state index contributed by atoms with van der Waals surface area (Å²) in [5.41, 5.74) is 0.201. The van der Waals surface area contributed by atoms with Crippen LogP contribution in [0, 0.1) is 0 Å². The minimum Gasteiger partial charge on any atom is -0.444 e. The Morgan fingerprint density at radius 3 is 2.21 bits per heavy atom. The fraction of sp³-hybridized carbons (Fsp3) is 0.500. The molecule has 0 aliphatic rings. The zero-order chi connectivity index (χ0) is 14.6. The van der Waals surface area contributed by atoms with Gasteiger partial charge in [0.15, 0.2) is 0 Å². The van der Waals surface area contributed by atoms with Crippen molar-refractivity contribution in [2.75, 3.05) is 7.05 Å². The molecule has 0 aromatic heterocycles. The standard InChI is InChI=1S/C14H19F2NO2/c1-14(2,3)19-13(18)17(4)9-10-5-7-11(8-6-10)12(15)16/h5-8,12H,9H2,1-4H3. The van der Waals surface area contributed by atoms with Crippen LogP contribution < -0.4 is 0 Å². The Morgan fingerprint density at radius 1 is 1.26 bits per heavy atom. The van der Waals surface area contributed by atoms with Gasteiger partial charge in [-0.2, -0.15) is 0 Å². The first-order valence-corrected chi connectivity index (χ1v) is 6.00. The Balaban J connectivity index is 2.61. The number of hydrogen-bond acceptors (Lipinski definition) is 2. The van der Waals surface area contributed by atoms with Gasteiger partial charge in [0, 0.05) is 19.2 Å². The van der Waals surface area contributed by atoms with Crippen molar-refractivity contribution in [3.8, 4) is 0 Å². The van der Waals surface area contributed by atoms with Gasteiger partial charge in [-0.05, 0) is 26.3 Å². The van der Waals surface area contributed by atoms with Crippen molar-refractivity contribution in [2.45, 2.75) is 39.3 Å². The molecule has 0 saturated heterocycles. The smallest absolute Gasteiger partial charge is 0.410 e. The monoisotopic (exact) mass is 271 g/mol. The fourth-order valence-corrected chi connectivity index (χ4v) is 1.45. The summed E-state index contributed by atoms with van der Waals surface area (Å²) in [5.74, 6) is 0. The van der Waals surface area contributed by atoms with Crippen molar-refractivity contribution in [2.24, 2.45) is 0 Å². The molecule has 0 heterocycles. The van der Waals surface area contributed by atoms with Crippen LogP contribution in [0.4, 0.5) is 13.6 Å². The highest BCUT2D eigenvalue weighted by atomic mass is 19.3. The van der Waals surface area contributed by atoms with Crippen LogP contribution in [0.2, 0.25) is 0 Å². The normalized spacial score (nSPS) is 11.5. The van der Waals surface area contributed by atoms with Gasteiger partial charge in [-0.15, -0.1) is 0 Å². The number of benzene rings is 1. The number of nitrogens with zero attached hydrogens (tertiary/aromatic N) is 1. The highest BCUT2D eigenvalue weighted by Crippen LogP contribution is 2.19. The molecule has 5 heteroatoms. The van der Waals surface area contributed by atoms with E-state index < -0.39 is 18.1 Å². The maximum Gasteiger partial charge on any atom is 0.410 e. The quantitative estimate of drug-likeness (QED) is 0.831. The van der Waals surface area contributed by atoms with E-state index in [0.29, 0.717) is 6.54 Å². The third-order valence-electron chi connectivity index (χ3n) is 2.36. The number of halogens is 2. The molecule has 0 bridgehead atoms. The van der Waals surface area contributed by atoms with Crippen molar-refractivity contribution in [1.82, 2.24) is 4.90 Å². The van der Waals surface area contributed by atoms with E-state index >= 15 is 0 Å². The van der Waals surface area contributed by atoms with Gasteiger partial charge in [0.05, 0.1) is 0 Å². The molecule has 0 fully saturated rings. The van der Waals surface area contributed by atoms with Crippen LogP contribution in [0.15, 0.2) is 24.3 Å². The molecule has 3 nitrogen and oxygen atoms in total. The summed E-state index contributed by atoms with van der Waals surface area (Å²) >= 11 is 0. The second kappa shape index (κ2) is 5.99. The SMILES string of the molecule is CN(Cc1ccc(C(F)F)cc1)C(=O)OC(C)(C)C. The van der Waals surface area contributed by atoms with Crippen LogP contribution in [-0.4, -0.2) is 23.6 Å². The van der Waals surface area contributed by atoms with Crippen LogP contribution in [0.3, 0.4) is 0 Å². The lowest BCUT2D eigenvalue weighted by molar-refractivity contribution is 0.0285. The maximum atomic E-state index is 12.4. The van der Waals surface area contributed by atoms with Crippen molar-refractivity contribution in [3.05, 3.63) is 35.4 Å². The second-order valence-corrected chi connectivity index (χ2v) is 5.38. The Kier molecular flexibility index (Phi) is 4.86. The summed E-state index contributed by atoms with van der Waals surface area (Å²) in [7, 11) is 1.61. The number of ether oxygens (including phenoxy) is 1. The zero-order valence-electron chi connectivity index (χ0n) is 11.6. The summed E-state index contributed by atoms with van der Waals surface area (Å²) in [6.45, 7) is 5.68. The average molecular weight is 271 g/mol. The molecule has 1 aromatic rings. The number of carbonyl (C=O) groups excluding carboxylic acids is 1. The molecular weight excluding hydrogens is 252 g/mol. The summed E-state index contributed by atoms with van der Waals surface area (Å²) in [6.07, 6.45) is -2.91. The van der Waals surface area contributed by atoms with E-state index in [4.69, 9.17) is 4.74 Å². The first kappa shape index (κ1) is 15.4. The van der Waals surface area contributed by atoms with Gasteiger partial charge < -0.3 is 9.64 Å². The predicted molar refractivity (Wildman–Crippen MR) is 69.1 cm³/mol. The summed E-state index contributed by atoms with van der Waals surface area (Å²) in [5, 5.41) is 0. The van der Waals surface area contributed by atoms with E-state index in [0.717, 1.165) is 5.56 Å². The van der Waals surface area contributed by atoms with Gasteiger partial charge in [0.1, 0.15) is 5.60 Å². The lowest BCUT2D eigenvalue weighted by Crippen LogP contribution is -2.33. The van der Waals surface area contributed by atoms with Gasteiger partial charge in [-0.25, -0.2) is 13.6 Å². The maximum absolute atomic E-state index is 12.4. The third-order valence-corrected chi connectivity index (χ3v) is 2.36. The summed E-state index contributed by atoms with van der Waals surface area (Å²) in [6, 6.07) is 5.90. The van der Waals surface area contributed by atoms with Crippen molar-refractivity contribution in [3.63, 3.8) is 0 Å². The molecule has 1 amide bonds. The molecular formula is C14H19F2NO2. The molecule has 19 heavy (non-hydrogen) atoms. The van der Waals surface area contributed by atoms with Crippen LogP contribution in [-0.2, 0) is 11.3 Å². The highest BCUT2D eigenvalue weighted by Gasteiger charge is 2.19. The Bertz CT molecular complexity index is 424.